The summed E-state index contributed by atoms with van der Waals surface area (Å²) < 4.78 is 4.59. The summed E-state index contributed by atoms with van der Waals surface area (Å²) in [6, 6.07) is 1.63. The topological polar surface area (TPSA) is 81.4 Å². The Hall–Kier alpha value is -1.47. The van der Waals surface area contributed by atoms with Crippen LogP contribution in [-0.4, -0.2) is 24.0 Å². The average molecular weight is 272 g/mol. The summed E-state index contributed by atoms with van der Waals surface area (Å²) in [6.45, 7) is 1.60. The lowest BCUT2D eigenvalue weighted by atomic mass is 10.1. The molecule has 1 amide bonds. The first-order valence-corrected chi connectivity index (χ1v) is 6.02. The first kappa shape index (κ1) is 13.6. The number of amides is 1. The molecular weight excluding hydrogens is 260 g/mol. The number of nitrogens with one attached hydrogen (secondary N) is 1. The van der Waals surface area contributed by atoms with Crippen LogP contribution in [0.25, 0.3) is 0 Å². The molecule has 0 fully saturated rings. The lowest BCUT2D eigenvalue weighted by molar-refractivity contribution is -0.117. The number of esters is 1. The Labute approximate surface area is 108 Å². The smallest absolute Gasteiger partial charge is 0.350 e. The summed E-state index contributed by atoms with van der Waals surface area (Å²) in [4.78, 5) is 23.5. The van der Waals surface area contributed by atoms with Crippen LogP contribution in [-0.2, 0) is 9.53 Å². The molecule has 0 bridgehead atoms. The number of thiophene rings is 1. The van der Waals surface area contributed by atoms with Crippen LogP contribution in [0.4, 0.5) is 5.69 Å². The first-order chi connectivity index (χ1) is 7.97. The van der Waals surface area contributed by atoms with E-state index in [-0.39, 0.29) is 10.9 Å². The highest BCUT2D eigenvalue weighted by Crippen LogP contribution is 2.23. The van der Waals surface area contributed by atoms with E-state index in [1.165, 1.54) is 18.4 Å². The van der Waals surface area contributed by atoms with Crippen molar-refractivity contribution in [3.63, 3.8) is 0 Å². The lowest BCUT2D eigenvalue weighted by Gasteiger charge is -2.10. The van der Waals surface area contributed by atoms with Gasteiger partial charge in [-0.3, -0.25) is 4.79 Å². The molecule has 0 aliphatic carbocycles. The number of ether oxygens (including phenoxy) is 1. The molecule has 0 aromatic carbocycles. The van der Waals surface area contributed by atoms with Crippen LogP contribution in [0.1, 0.15) is 16.6 Å². The zero-order valence-corrected chi connectivity index (χ0v) is 11.0. The second kappa shape index (κ2) is 5.74. The number of thiocarbonyl (C=S) groups is 1. The Kier molecular flexibility index (Phi) is 4.59. The second-order valence-electron chi connectivity index (χ2n) is 3.27. The summed E-state index contributed by atoms with van der Waals surface area (Å²) in [6.07, 6.45) is 0. The number of nitrogens with two attached hydrogens (primary N) is 1. The van der Waals surface area contributed by atoms with Crippen molar-refractivity contribution in [2.75, 3.05) is 12.4 Å². The van der Waals surface area contributed by atoms with Gasteiger partial charge >= 0.3 is 5.97 Å². The highest BCUT2D eigenvalue weighted by molar-refractivity contribution is 7.80. The minimum atomic E-state index is -0.588. The van der Waals surface area contributed by atoms with Crippen LogP contribution < -0.4 is 11.1 Å². The third-order valence-electron chi connectivity index (χ3n) is 2.11. The number of hydrogen-bond donors (Lipinski definition) is 2. The Bertz CT molecular complexity index is 456. The molecule has 1 unspecified atom stereocenters. The molecule has 1 aromatic rings. The van der Waals surface area contributed by atoms with Gasteiger partial charge in [0.2, 0.25) is 5.91 Å². The summed E-state index contributed by atoms with van der Waals surface area (Å²) in [7, 11) is 1.28. The molecule has 0 saturated heterocycles. The molecular formula is C10H12N2O3S2. The van der Waals surface area contributed by atoms with Gasteiger partial charge in [0.25, 0.3) is 0 Å². The van der Waals surface area contributed by atoms with Crippen molar-refractivity contribution >= 4 is 46.1 Å². The number of carbonyl (C=O) groups is 2. The van der Waals surface area contributed by atoms with E-state index in [2.05, 4.69) is 10.1 Å². The third-order valence-corrected chi connectivity index (χ3v) is 3.36. The number of rotatable bonds is 4. The van der Waals surface area contributed by atoms with Crippen LogP contribution >= 0.6 is 23.6 Å². The fourth-order valence-corrected chi connectivity index (χ4v) is 1.90. The average Bonchev–Trinajstić information content (AvgIpc) is 2.74. The van der Waals surface area contributed by atoms with Crippen molar-refractivity contribution in [1.29, 1.82) is 0 Å². The predicted molar refractivity (Wildman–Crippen MR) is 70.2 cm³/mol. The second-order valence-corrected chi connectivity index (χ2v) is 4.66. The van der Waals surface area contributed by atoms with Crippen LogP contribution in [0.2, 0.25) is 0 Å². The minimum Gasteiger partial charge on any atom is -0.465 e. The van der Waals surface area contributed by atoms with E-state index in [1.54, 1.807) is 18.4 Å². The van der Waals surface area contributed by atoms with Crippen LogP contribution in [0.5, 0.6) is 0 Å². The quantitative estimate of drug-likeness (QED) is 0.639. The molecule has 92 valence electrons. The third kappa shape index (κ3) is 3.24. The molecule has 1 aromatic heterocycles. The van der Waals surface area contributed by atoms with Crippen LogP contribution in [0.3, 0.4) is 0 Å². The molecule has 1 atom stereocenters. The SMILES string of the molecule is COC(=O)c1sccc1NC(=O)C(C)C(N)=S. The van der Waals surface area contributed by atoms with E-state index in [9.17, 15) is 9.59 Å². The predicted octanol–water partition coefficient (Wildman–Crippen LogP) is 1.40. The molecule has 0 aliphatic heterocycles. The normalized spacial score (nSPS) is 11.6. The molecule has 0 saturated carbocycles. The highest BCUT2D eigenvalue weighted by Gasteiger charge is 2.20. The maximum absolute atomic E-state index is 11.7. The van der Waals surface area contributed by atoms with Crippen LogP contribution in [0, 0.1) is 5.92 Å². The number of carbonyl (C=O) groups excluding carboxylic acids is 2. The summed E-state index contributed by atoms with van der Waals surface area (Å²) in [5.74, 6) is -1.42. The fraction of sp³-hybridized carbons (Fsp3) is 0.300. The number of methoxy groups -OCH3 is 1. The van der Waals surface area contributed by atoms with E-state index in [0.29, 0.717) is 10.6 Å². The Morgan fingerprint density at radius 2 is 2.24 bits per heavy atom. The standard InChI is InChI=1S/C10H12N2O3S2/c1-5(8(11)16)9(13)12-6-3-4-17-7(6)10(14)15-2/h3-5H,1-2H3,(H2,11,16)(H,12,13). The van der Waals surface area contributed by atoms with Gasteiger partial charge in [-0.15, -0.1) is 11.3 Å². The maximum Gasteiger partial charge on any atom is 0.350 e. The van der Waals surface area contributed by atoms with E-state index in [0.717, 1.165) is 0 Å². The maximum atomic E-state index is 11.7. The van der Waals surface area contributed by atoms with Crippen molar-refractivity contribution in [1.82, 2.24) is 0 Å². The summed E-state index contributed by atoms with van der Waals surface area (Å²) in [5.41, 5.74) is 5.78. The lowest BCUT2D eigenvalue weighted by Crippen LogP contribution is -2.31. The summed E-state index contributed by atoms with van der Waals surface area (Å²) in [5, 5.41) is 4.28. The zero-order chi connectivity index (χ0) is 13.0. The van der Waals surface area contributed by atoms with Crippen molar-refractivity contribution < 1.29 is 14.3 Å². The monoisotopic (exact) mass is 272 g/mol. The Morgan fingerprint density at radius 1 is 1.59 bits per heavy atom. The first-order valence-electron chi connectivity index (χ1n) is 4.73. The minimum absolute atomic E-state index is 0.109. The van der Waals surface area contributed by atoms with Gasteiger partial charge in [-0.2, -0.15) is 0 Å². The number of anilines is 1. The van der Waals surface area contributed by atoms with E-state index in [1.807, 2.05) is 0 Å². The van der Waals surface area contributed by atoms with Crippen molar-refractivity contribution in [2.45, 2.75) is 6.92 Å². The fourth-order valence-electron chi connectivity index (χ4n) is 1.03. The van der Waals surface area contributed by atoms with Gasteiger partial charge in [-0.25, -0.2) is 4.79 Å². The number of hydrogen-bond acceptors (Lipinski definition) is 5. The molecule has 1 rings (SSSR count). The van der Waals surface area contributed by atoms with Gasteiger partial charge in [-0.05, 0) is 18.4 Å². The molecule has 1 heterocycles. The molecule has 0 spiro atoms. The summed E-state index contributed by atoms with van der Waals surface area (Å²) >= 11 is 5.92. The Balaban J connectivity index is 2.82. The van der Waals surface area contributed by atoms with Gasteiger partial charge in [0.05, 0.1) is 23.7 Å². The van der Waals surface area contributed by atoms with Gasteiger partial charge < -0.3 is 15.8 Å². The Morgan fingerprint density at radius 3 is 2.76 bits per heavy atom. The molecule has 17 heavy (non-hydrogen) atoms. The van der Waals surface area contributed by atoms with E-state index in [4.69, 9.17) is 18.0 Å². The molecule has 3 N–H and O–H groups in total. The van der Waals surface area contributed by atoms with Crippen molar-refractivity contribution in [3.8, 4) is 0 Å². The van der Waals surface area contributed by atoms with Gasteiger partial charge in [-0.1, -0.05) is 12.2 Å². The molecule has 0 aliphatic rings. The molecule has 5 nitrogen and oxygen atoms in total. The van der Waals surface area contributed by atoms with Crippen molar-refractivity contribution in [2.24, 2.45) is 11.7 Å². The molecule has 7 heteroatoms. The van der Waals surface area contributed by atoms with Crippen LogP contribution in [0.15, 0.2) is 11.4 Å². The van der Waals surface area contributed by atoms with Crippen molar-refractivity contribution in [3.05, 3.63) is 16.3 Å². The largest absolute Gasteiger partial charge is 0.465 e. The van der Waals surface area contributed by atoms with E-state index < -0.39 is 11.9 Å². The van der Waals surface area contributed by atoms with Gasteiger partial charge in [0.1, 0.15) is 4.88 Å². The van der Waals surface area contributed by atoms with E-state index >= 15 is 0 Å². The zero-order valence-electron chi connectivity index (χ0n) is 9.35. The van der Waals surface area contributed by atoms with Gasteiger partial charge in [0.15, 0.2) is 0 Å². The molecule has 0 radical (unpaired) electrons. The van der Waals surface area contributed by atoms with Gasteiger partial charge in [0, 0.05) is 0 Å². The highest BCUT2D eigenvalue weighted by atomic mass is 32.1.